The van der Waals surface area contributed by atoms with Gasteiger partial charge in [-0.3, -0.25) is 14.4 Å². The predicted octanol–water partition coefficient (Wildman–Crippen LogP) is 3.30. The quantitative estimate of drug-likeness (QED) is 0.796. The first-order chi connectivity index (χ1) is 13.2. The molecule has 5 heteroatoms. The molecule has 1 aromatic rings. The van der Waals surface area contributed by atoms with Gasteiger partial charge < -0.3 is 4.90 Å². The molecule has 0 N–H and O–H groups in total. The Labute approximate surface area is 164 Å². The van der Waals surface area contributed by atoms with Gasteiger partial charge in [0.15, 0.2) is 0 Å². The second kappa shape index (κ2) is 8.76. The molecular weight excluding hydrogens is 336 g/mol. The number of hydrogen-bond donors (Lipinski definition) is 0. The van der Waals surface area contributed by atoms with Crippen LogP contribution in [0.4, 0.5) is 0 Å². The molecule has 1 aliphatic carbocycles. The van der Waals surface area contributed by atoms with Crippen LogP contribution in [0.2, 0.25) is 0 Å². The van der Waals surface area contributed by atoms with E-state index in [0.29, 0.717) is 12.3 Å². The van der Waals surface area contributed by atoms with Crippen LogP contribution in [0.15, 0.2) is 0 Å². The Morgan fingerprint density at radius 3 is 2.56 bits per heavy atom. The second-order valence-corrected chi connectivity index (χ2v) is 8.93. The predicted molar refractivity (Wildman–Crippen MR) is 108 cm³/mol. The molecule has 0 bridgehead atoms. The summed E-state index contributed by atoms with van der Waals surface area (Å²) in [6.07, 6.45) is 13.2. The molecule has 5 nitrogen and oxygen atoms in total. The van der Waals surface area contributed by atoms with Crippen LogP contribution < -0.4 is 0 Å². The van der Waals surface area contributed by atoms with E-state index in [2.05, 4.69) is 21.5 Å². The van der Waals surface area contributed by atoms with Gasteiger partial charge in [-0.2, -0.15) is 5.10 Å². The fraction of sp³-hybridized carbons (Fsp3) is 0.818. The van der Waals surface area contributed by atoms with Gasteiger partial charge in [-0.05, 0) is 38.0 Å². The molecule has 3 aliphatic rings. The highest BCUT2D eigenvalue weighted by molar-refractivity contribution is 5.76. The fourth-order valence-corrected chi connectivity index (χ4v) is 5.34. The molecule has 27 heavy (non-hydrogen) atoms. The molecule has 3 heterocycles. The molecule has 0 spiro atoms. The first-order valence-corrected chi connectivity index (χ1v) is 11.2. The molecule has 150 valence electrons. The molecule has 4 rings (SSSR count). The van der Waals surface area contributed by atoms with Crippen LogP contribution in [-0.4, -0.2) is 51.7 Å². The smallest absolute Gasteiger partial charge is 0.222 e. The van der Waals surface area contributed by atoms with Crippen LogP contribution in [0.5, 0.6) is 0 Å². The lowest BCUT2D eigenvalue weighted by atomic mass is 9.88. The van der Waals surface area contributed by atoms with Gasteiger partial charge >= 0.3 is 0 Å². The molecule has 2 aliphatic heterocycles. The highest BCUT2D eigenvalue weighted by Gasteiger charge is 2.26. The van der Waals surface area contributed by atoms with Crippen molar-refractivity contribution in [2.75, 3.05) is 26.2 Å². The van der Waals surface area contributed by atoms with Crippen LogP contribution >= 0.6 is 0 Å². The molecule has 0 radical (unpaired) electrons. The average Bonchev–Trinajstić information content (AvgIpc) is 3.03. The van der Waals surface area contributed by atoms with Crippen molar-refractivity contribution in [1.29, 1.82) is 0 Å². The summed E-state index contributed by atoms with van der Waals surface area (Å²) in [6, 6.07) is 0. The summed E-state index contributed by atoms with van der Waals surface area (Å²) < 4.78 is 2.08. The van der Waals surface area contributed by atoms with E-state index in [1.807, 2.05) is 0 Å². The molecular formula is C22H36N4O. The largest absolute Gasteiger partial charge is 0.343 e. The number of piperidine rings is 1. The number of aryl methyl sites for hydroxylation is 2. The van der Waals surface area contributed by atoms with Gasteiger partial charge in [0.05, 0.1) is 5.69 Å². The summed E-state index contributed by atoms with van der Waals surface area (Å²) >= 11 is 0. The van der Waals surface area contributed by atoms with Crippen LogP contribution in [0, 0.1) is 5.92 Å². The summed E-state index contributed by atoms with van der Waals surface area (Å²) in [6.45, 7) is 5.35. The lowest BCUT2D eigenvalue weighted by Gasteiger charge is -2.32. The van der Waals surface area contributed by atoms with Gasteiger partial charge in [0.1, 0.15) is 0 Å². The first kappa shape index (κ1) is 19.0. The molecule has 0 atom stereocenters. The maximum absolute atomic E-state index is 12.6. The number of carbonyl (C=O) groups excluding carboxylic acids is 1. The molecule has 0 unspecified atom stereocenters. The first-order valence-electron chi connectivity index (χ1n) is 11.2. The number of carbonyl (C=O) groups is 1. The van der Waals surface area contributed by atoms with Crippen molar-refractivity contribution in [2.45, 2.75) is 77.2 Å². The van der Waals surface area contributed by atoms with Gasteiger partial charge in [0, 0.05) is 70.3 Å². The highest BCUT2D eigenvalue weighted by Crippen LogP contribution is 2.28. The number of hydrogen-bond acceptors (Lipinski definition) is 3. The van der Waals surface area contributed by atoms with Crippen molar-refractivity contribution in [3.8, 4) is 0 Å². The minimum atomic E-state index is 0.323. The van der Waals surface area contributed by atoms with Gasteiger partial charge in [-0.1, -0.05) is 19.3 Å². The molecule has 2 fully saturated rings. The number of aromatic nitrogens is 2. The number of rotatable bonds is 5. The Bertz CT molecular complexity index is 641. The summed E-state index contributed by atoms with van der Waals surface area (Å²) in [5, 5.41) is 4.81. The topological polar surface area (TPSA) is 41.4 Å². The van der Waals surface area contributed by atoms with Gasteiger partial charge in [-0.15, -0.1) is 0 Å². The van der Waals surface area contributed by atoms with Crippen LogP contribution in [0.3, 0.4) is 0 Å². The Hall–Kier alpha value is -1.36. The zero-order chi connectivity index (χ0) is 18.6. The maximum atomic E-state index is 12.6. The monoisotopic (exact) mass is 372 g/mol. The Kier molecular flexibility index (Phi) is 6.16. The number of fused-ring (bicyclic) bond motifs is 1. The zero-order valence-corrected chi connectivity index (χ0v) is 17.1. The fourth-order valence-electron chi connectivity index (χ4n) is 5.34. The molecule has 1 amide bonds. The summed E-state index contributed by atoms with van der Waals surface area (Å²) in [4.78, 5) is 17.3. The Morgan fingerprint density at radius 1 is 1.04 bits per heavy atom. The third-order valence-electron chi connectivity index (χ3n) is 6.93. The zero-order valence-electron chi connectivity index (χ0n) is 17.1. The highest BCUT2D eigenvalue weighted by atomic mass is 16.2. The molecule has 0 aromatic carbocycles. The minimum absolute atomic E-state index is 0.323. The minimum Gasteiger partial charge on any atom is -0.343 e. The van der Waals surface area contributed by atoms with E-state index >= 15 is 0 Å². The molecule has 1 saturated carbocycles. The summed E-state index contributed by atoms with van der Waals surface area (Å²) in [7, 11) is 2.07. The Balaban J connectivity index is 1.36. The second-order valence-electron chi connectivity index (χ2n) is 8.93. The number of likely N-dealkylation sites (tertiary alicyclic amines) is 1. The molecule has 1 aromatic heterocycles. The lowest BCUT2D eigenvalue weighted by molar-refractivity contribution is -0.132. The van der Waals surface area contributed by atoms with E-state index in [9.17, 15) is 4.79 Å². The normalized spacial score (nSPS) is 22.0. The van der Waals surface area contributed by atoms with Crippen molar-refractivity contribution in [3.63, 3.8) is 0 Å². The van der Waals surface area contributed by atoms with Crippen LogP contribution in [0.1, 0.15) is 74.7 Å². The van der Waals surface area contributed by atoms with E-state index < -0.39 is 0 Å². The third kappa shape index (κ3) is 4.56. The van der Waals surface area contributed by atoms with E-state index in [0.717, 1.165) is 44.9 Å². The SMILES string of the molecule is Cn1nc(CCC(=O)N2CCCCC2)c2c1CCN(CC1CCCCC1)C2. The van der Waals surface area contributed by atoms with Crippen LogP contribution in [-0.2, 0) is 31.2 Å². The standard InChI is InChI=1S/C22H36N4O/c1-24-21-12-15-25(16-18-8-4-2-5-9-18)17-19(21)20(23-24)10-11-22(27)26-13-6-3-7-14-26/h18H,2-17H2,1H3. The number of amides is 1. The van der Waals surface area contributed by atoms with Crippen molar-refractivity contribution in [1.82, 2.24) is 19.6 Å². The van der Waals surface area contributed by atoms with Gasteiger partial charge in [-0.25, -0.2) is 0 Å². The van der Waals surface area contributed by atoms with E-state index in [-0.39, 0.29) is 0 Å². The van der Waals surface area contributed by atoms with E-state index in [4.69, 9.17) is 5.10 Å². The van der Waals surface area contributed by atoms with Gasteiger partial charge in [0.25, 0.3) is 0 Å². The van der Waals surface area contributed by atoms with E-state index in [1.165, 1.54) is 74.9 Å². The maximum Gasteiger partial charge on any atom is 0.222 e. The van der Waals surface area contributed by atoms with Crippen molar-refractivity contribution >= 4 is 5.91 Å². The number of nitrogens with zero attached hydrogens (tertiary/aromatic N) is 4. The third-order valence-corrected chi connectivity index (χ3v) is 6.93. The summed E-state index contributed by atoms with van der Waals surface area (Å²) in [5.41, 5.74) is 3.99. The van der Waals surface area contributed by atoms with Crippen LogP contribution in [0.25, 0.3) is 0 Å². The van der Waals surface area contributed by atoms with Crippen molar-refractivity contribution in [2.24, 2.45) is 13.0 Å². The van der Waals surface area contributed by atoms with Crippen molar-refractivity contribution in [3.05, 3.63) is 17.0 Å². The lowest BCUT2D eigenvalue weighted by Crippen LogP contribution is -2.36. The summed E-state index contributed by atoms with van der Waals surface area (Å²) in [5.74, 6) is 1.21. The van der Waals surface area contributed by atoms with Gasteiger partial charge in [0.2, 0.25) is 5.91 Å². The van der Waals surface area contributed by atoms with E-state index in [1.54, 1.807) is 0 Å². The Morgan fingerprint density at radius 2 is 1.78 bits per heavy atom. The van der Waals surface area contributed by atoms with Crippen molar-refractivity contribution < 1.29 is 4.79 Å². The average molecular weight is 373 g/mol. The molecule has 1 saturated heterocycles.